The molecule has 9 heteroatoms. The molecule has 8 nitrogen and oxygen atoms in total. The molecule has 2 amide bonds. The van der Waals surface area contributed by atoms with Crippen LogP contribution in [0.5, 0.6) is 0 Å². The number of hydrogen-bond donors (Lipinski definition) is 4. The predicted molar refractivity (Wildman–Crippen MR) is 97.9 cm³/mol. The van der Waals surface area contributed by atoms with Crippen LogP contribution < -0.4 is 16.2 Å². The number of quaternary nitrogens is 1. The summed E-state index contributed by atoms with van der Waals surface area (Å²) < 4.78 is 2.29. The van der Waals surface area contributed by atoms with E-state index in [-0.39, 0.29) is 11.6 Å². The number of carbonyl (C=O) groups is 1. The van der Waals surface area contributed by atoms with Gasteiger partial charge in [-0.2, -0.15) is 0 Å². The van der Waals surface area contributed by atoms with E-state index in [1.54, 1.807) is 12.1 Å². The van der Waals surface area contributed by atoms with Crippen molar-refractivity contribution < 1.29 is 10.1 Å². The van der Waals surface area contributed by atoms with Crippen molar-refractivity contribution in [3.05, 3.63) is 50.9 Å². The number of carbonyl (C=O) groups excluding carboxylic acids is 1. The molecule has 0 aliphatic carbocycles. The van der Waals surface area contributed by atoms with Crippen molar-refractivity contribution in [1.82, 2.24) is 20.1 Å². The molecule has 0 aliphatic rings. The Bertz CT molecular complexity index is 1010. The first-order valence-electron chi connectivity index (χ1n) is 7.58. The number of aromatic nitrogens is 3. The number of nitrogens with one attached hydrogen (secondary N) is 3. The Labute approximate surface area is 150 Å². The van der Waals surface area contributed by atoms with Gasteiger partial charge in [-0.25, -0.2) is 19.8 Å². The van der Waals surface area contributed by atoms with E-state index < -0.39 is 0 Å². The molecule has 0 aliphatic heterocycles. The Kier molecular flexibility index (Phi) is 4.77. The smallest absolute Gasteiger partial charge is 0.308 e. The maximum absolute atomic E-state index is 12.6. The van der Waals surface area contributed by atoms with Gasteiger partial charge in [-0.1, -0.05) is 15.9 Å². The van der Waals surface area contributed by atoms with E-state index in [0.717, 1.165) is 10.7 Å². The fourth-order valence-corrected chi connectivity index (χ4v) is 2.75. The molecule has 2 heterocycles. The second-order valence-corrected chi connectivity index (χ2v) is 6.17. The second-order valence-electron chi connectivity index (χ2n) is 5.26. The minimum Gasteiger partial charge on any atom is -0.308 e. The Hall–Kier alpha value is -2.78. The Morgan fingerprint density at radius 1 is 1.44 bits per heavy atom. The maximum atomic E-state index is 12.6. The number of hydrogen-bond acceptors (Lipinski definition) is 4. The third kappa shape index (κ3) is 3.24. The SMILES string of the molecule is CCNC(=O)[NH2+]c1ncc2c(=O)n(-c3ccc(Br)cc3)[nH]c2c1C=N. The van der Waals surface area contributed by atoms with Crippen LogP contribution in [0.3, 0.4) is 0 Å². The van der Waals surface area contributed by atoms with Crippen molar-refractivity contribution in [3.8, 4) is 5.69 Å². The van der Waals surface area contributed by atoms with Gasteiger partial charge in [-0.05, 0) is 31.2 Å². The average Bonchev–Trinajstić information content (AvgIpc) is 2.92. The number of fused-ring (bicyclic) bond motifs is 1. The number of nitrogens with zero attached hydrogens (tertiary/aromatic N) is 2. The Balaban J connectivity index is 2.14. The Morgan fingerprint density at radius 2 is 2.16 bits per heavy atom. The van der Waals surface area contributed by atoms with E-state index in [2.05, 4.69) is 31.3 Å². The van der Waals surface area contributed by atoms with E-state index in [9.17, 15) is 9.59 Å². The van der Waals surface area contributed by atoms with Gasteiger partial charge in [0.1, 0.15) is 5.56 Å². The van der Waals surface area contributed by atoms with Crippen LogP contribution in [0.2, 0.25) is 0 Å². The summed E-state index contributed by atoms with van der Waals surface area (Å²) in [6.45, 7) is 2.31. The van der Waals surface area contributed by atoms with Gasteiger partial charge in [0, 0.05) is 23.4 Å². The van der Waals surface area contributed by atoms with Crippen molar-refractivity contribution >= 4 is 44.9 Å². The highest BCUT2D eigenvalue weighted by Gasteiger charge is 2.19. The first-order valence-corrected chi connectivity index (χ1v) is 8.37. The van der Waals surface area contributed by atoms with Crippen LogP contribution >= 0.6 is 15.9 Å². The topological polar surface area (TPSA) is 120 Å². The first kappa shape index (κ1) is 17.1. The number of benzene rings is 1. The predicted octanol–water partition coefficient (Wildman–Crippen LogP) is 1.40. The van der Waals surface area contributed by atoms with Crippen LogP contribution in [0, 0.1) is 5.41 Å². The third-order valence-corrected chi connectivity index (χ3v) is 4.18. The molecule has 0 fully saturated rings. The molecular weight excluding hydrogens is 388 g/mol. The number of nitrogens with two attached hydrogens (primary N) is 1. The van der Waals surface area contributed by atoms with Gasteiger partial charge in [0.25, 0.3) is 5.56 Å². The highest BCUT2D eigenvalue weighted by atomic mass is 79.9. The zero-order chi connectivity index (χ0) is 18.0. The number of H-pyrrole nitrogens is 1. The minimum atomic E-state index is -0.299. The van der Waals surface area contributed by atoms with E-state index in [1.165, 1.54) is 16.2 Å². The molecule has 0 bridgehead atoms. The fourth-order valence-electron chi connectivity index (χ4n) is 2.49. The first-order chi connectivity index (χ1) is 12.0. The van der Waals surface area contributed by atoms with Crippen LogP contribution in [-0.2, 0) is 0 Å². The average molecular weight is 404 g/mol. The van der Waals surface area contributed by atoms with E-state index in [4.69, 9.17) is 5.41 Å². The molecule has 0 saturated carbocycles. The fraction of sp³-hybridized carbons (Fsp3) is 0.125. The molecule has 0 atom stereocenters. The molecular formula is C16H16BrN6O2+. The molecule has 2 aromatic heterocycles. The number of rotatable bonds is 4. The number of amides is 2. The zero-order valence-electron chi connectivity index (χ0n) is 13.3. The highest BCUT2D eigenvalue weighted by Crippen LogP contribution is 2.18. The van der Waals surface area contributed by atoms with E-state index in [1.807, 2.05) is 19.1 Å². The van der Waals surface area contributed by atoms with Gasteiger partial charge in [-0.15, -0.1) is 0 Å². The summed E-state index contributed by atoms with van der Waals surface area (Å²) in [4.78, 5) is 28.6. The largest absolute Gasteiger partial charge is 0.419 e. The number of aromatic amines is 1. The van der Waals surface area contributed by atoms with Crippen molar-refractivity contribution in [2.75, 3.05) is 6.54 Å². The summed E-state index contributed by atoms with van der Waals surface area (Å²) >= 11 is 3.36. The molecule has 0 spiro atoms. The molecule has 5 N–H and O–H groups in total. The number of pyridine rings is 1. The molecule has 25 heavy (non-hydrogen) atoms. The lowest BCUT2D eigenvalue weighted by Crippen LogP contribution is -2.86. The van der Waals surface area contributed by atoms with E-state index in [0.29, 0.717) is 34.5 Å². The lowest BCUT2D eigenvalue weighted by atomic mass is 10.2. The maximum Gasteiger partial charge on any atom is 0.419 e. The van der Waals surface area contributed by atoms with Crippen LogP contribution in [0.4, 0.5) is 10.6 Å². The summed E-state index contributed by atoms with van der Waals surface area (Å²) in [6.07, 6.45) is 2.50. The Morgan fingerprint density at radius 3 is 2.80 bits per heavy atom. The number of halogens is 1. The second kappa shape index (κ2) is 6.99. The van der Waals surface area contributed by atoms with Gasteiger partial charge >= 0.3 is 6.03 Å². The summed E-state index contributed by atoms with van der Waals surface area (Å²) in [5.74, 6) is 0.331. The molecule has 0 saturated heterocycles. The molecule has 1 aromatic carbocycles. The van der Waals surface area contributed by atoms with Gasteiger partial charge in [0.15, 0.2) is 0 Å². The van der Waals surface area contributed by atoms with Crippen molar-refractivity contribution in [3.63, 3.8) is 0 Å². The van der Waals surface area contributed by atoms with Crippen LogP contribution in [0.1, 0.15) is 12.5 Å². The standard InChI is InChI=1S/C16H15BrN6O2/c1-2-19-16(25)21-14-11(7-18)13-12(8-20-14)15(24)23(22-13)10-5-3-9(17)4-6-10/h3-8,18,22H,2H2,1H3,(H2,19,20,21,25)/p+1. The third-order valence-electron chi connectivity index (χ3n) is 3.65. The zero-order valence-corrected chi connectivity index (χ0v) is 14.9. The number of urea groups is 1. The van der Waals surface area contributed by atoms with Crippen molar-refractivity contribution in [2.45, 2.75) is 6.92 Å². The number of primary amides is 1. The normalized spacial score (nSPS) is 10.8. The van der Waals surface area contributed by atoms with Crippen molar-refractivity contribution in [1.29, 1.82) is 5.41 Å². The van der Waals surface area contributed by atoms with Gasteiger partial charge in [0.2, 0.25) is 5.82 Å². The molecule has 128 valence electrons. The van der Waals surface area contributed by atoms with Crippen LogP contribution in [-0.4, -0.2) is 33.6 Å². The van der Waals surface area contributed by atoms with E-state index >= 15 is 0 Å². The van der Waals surface area contributed by atoms with Crippen LogP contribution in [0.15, 0.2) is 39.7 Å². The summed E-state index contributed by atoms with van der Waals surface area (Å²) in [7, 11) is 0. The van der Waals surface area contributed by atoms with Crippen molar-refractivity contribution in [2.24, 2.45) is 0 Å². The monoisotopic (exact) mass is 403 g/mol. The molecule has 3 rings (SSSR count). The quantitative estimate of drug-likeness (QED) is 0.492. The summed E-state index contributed by atoms with van der Waals surface area (Å²) in [6, 6.07) is 6.95. The molecule has 3 aromatic rings. The lowest BCUT2D eigenvalue weighted by molar-refractivity contribution is -0.468. The lowest BCUT2D eigenvalue weighted by Gasteiger charge is -2.03. The van der Waals surface area contributed by atoms with Crippen LogP contribution in [0.25, 0.3) is 16.6 Å². The highest BCUT2D eigenvalue weighted by molar-refractivity contribution is 9.10. The minimum absolute atomic E-state index is 0.266. The van der Waals surface area contributed by atoms with Gasteiger partial charge < -0.3 is 10.7 Å². The van der Waals surface area contributed by atoms with Gasteiger partial charge in [-0.3, -0.25) is 9.89 Å². The molecule has 0 unspecified atom stereocenters. The van der Waals surface area contributed by atoms with Gasteiger partial charge in [0.05, 0.1) is 16.6 Å². The summed E-state index contributed by atoms with van der Waals surface area (Å²) in [5.41, 5.74) is 1.25. The summed E-state index contributed by atoms with van der Waals surface area (Å²) in [5, 5.41) is 15.0. The molecule has 0 radical (unpaired) electrons.